The standard InChI is InChI=1S/C22H26N6O4/c1-3-28-21(31)17-5-4-15(10-18(17)25-22(28)32)20(30)27-8-6-14(7-9-27)11-23-19(29)16-12-24-26(2)13-16/h4-5,10,12-14H,3,6-9,11H2,1-2H3,(H,23,29)(H,25,32). The summed E-state index contributed by atoms with van der Waals surface area (Å²) in [6, 6.07) is 4.79. The van der Waals surface area contributed by atoms with E-state index in [9.17, 15) is 19.2 Å². The van der Waals surface area contributed by atoms with Crippen LogP contribution in [-0.2, 0) is 13.6 Å². The van der Waals surface area contributed by atoms with Crippen molar-refractivity contribution in [3.63, 3.8) is 0 Å². The molecule has 0 radical (unpaired) electrons. The Morgan fingerprint density at radius 3 is 2.59 bits per heavy atom. The zero-order valence-electron chi connectivity index (χ0n) is 18.1. The van der Waals surface area contributed by atoms with Crippen molar-refractivity contribution in [2.24, 2.45) is 13.0 Å². The van der Waals surface area contributed by atoms with E-state index in [1.165, 1.54) is 6.20 Å². The van der Waals surface area contributed by atoms with E-state index < -0.39 is 5.69 Å². The number of hydrogen-bond donors (Lipinski definition) is 2. The van der Waals surface area contributed by atoms with Crippen LogP contribution in [0.15, 0.2) is 40.2 Å². The van der Waals surface area contributed by atoms with Crippen LogP contribution in [0, 0.1) is 5.92 Å². The lowest BCUT2D eigenvalue weighted by atomic mass is 9.96. The van der Waals surface area contributed by atoms with Gasteiger partial charge >= 0.3 is 5.69 Å². The smallest absolute Gasteiger partial charge is 0.328 e. The zero-order chi connectivity index (χ0) is 22.8. The zero-order valence-corrected chi connectivity index (χ0v) is 18.1. The second kappa shape index (κ2) is 8.81. The van der Waals surface area contributed by atoms with Gasteiger partial charge in [0.1, 0.15) is 0 Å². The molecular weight excluding hydrogens is 412 g/mol. The number of amides is 2. The normalized spacial score (nSPS) is 14.6. The van der Waals surface area contributed by atoms with Crippen LogP contribution in [0.5, 0.6) is 0 Å². The first-order valence-electron chi connectivity index (χ1n) is 10.7. The van der Waals surface area contributed by atoms with Crippen molar-refractivity contribution in [3.05, 3.63) is 62.6 Å². The van der Waals surface area contributed by atoms with Crippen molar-refractivity contribution in [2.45, 2.75) is 26.3 Å². The summed E-state index contributed by atoms with van der Waals surface area (Å²) in [6.07, 6.45) is 4.77. The molecule has 0 aliphatic carbocycles. The number of benzene rings is 1. The van der Waals surface area contributed by atoms with Crippen LogP contribution in [0.3, 0.4) is 0 Å². The van der Waals surface area contributed by atoms with Gasteiger partial charge in [-0.05, 0) is 43.9 Å². The van der Waals surface area contributed by atoms with Gasteiger partial charge in [0.2, 0.25) is 0 Å². The van der Waals surface area contributed by atoms with Crippen LogP contribution < -0.4 is 16.6 Å². The van der Waals surface area contributed by atoms with E-state index in [0.717, 1.165) is 17.4 Å². The number of aryl methyl sites for hydroxylation is 1. The molecule has 2 amide bonds. The highest BCUT2D eigenvalue weighted by Gasteiger charge is 2.24. The van der Waals surface area contributed by atoms with Crippen molar-refractivity contribution >= 4 is 22.7 Å². The van der Waals surface area contributed by atoms with Crippen molar-refractivity contribution in [1.82, 2.24) is 29.5 Å². The fourth-order valence-electron chi connectivity index (χ4n) is 4.08. The lowest BCUT2D eigenvalue weighted by molar-refractivity contribution is 0.0684. The van der Waals surface area contributed by atoms with Gasteiger partial charge < -0.3 is 15.2 Å². The van der Waals surface area contributed by atoms with Crippen LogP contribution >= 0.6 is 0 Å². The van der Waals surface area contributed by atoms with Crippen molar-refractivity contribution < 1.29 is 9.59 Å². The molecule has 3 heterocycles. The number of likely N-dealkylation sites (tertiary alicyclic amines) is 1. The number of H-pyrrole nitrogens is 1. The summed E-state index contributed by atoms with van der Waals surface area (Å²) >= 11 is 0. The minimum Gasteiger partial charge on any atom is -0.352 e. The van der Waals surface area contributed by atoms with Crippen molar-refractivity contribution in [3.8, 4) is 0 Å². The van der Waals surface area contributed by atoms with Crippen LogP contribution in [0.1, 0.15) is 40.5 Å². The maximum atomic E-state index is 13.0. The Morgan fingerprint density at radius 1 is 1.19 bits per heavy atom. The van der Waals surface area contributed by atoms with E-state index in [0.29, 0.717) is 47.6 Å². The summed E-state index contributed by atoms with van der Waals surface area (Å²) in [6.45, 7) is 3.73. The number of rotatable bonds is 5. The highest BCUT2D eigenvalue weighted by molar-refractivity contribution is 5.97. The minimum atomic E-state index is -0.483. The molecule has 3 aromatic rings. The van der Waals surface area contributed by atoms with Crippen molar-refractivity contribution in [2.75, 3.05) is 19.6 Å². The SMILES string of the molecule is CCn1c(=O)[nH]c2cc(C(=O)N3CCC(CNC(=O)c4cnn(C)c4)CC3)ccc2c1=O. The van der Waals surface area contributed by atoms with E-state index in [4.69, 9.17) is 0 Å². The molecule has 2 aromatic heterocycles. The highest BCUT2D eigenvalue weighted by atomic mass is 16.2. The number of hydrogen-bond acceptors (Lipinski definition) is 5. The molecule has 10 heteroatoms. The Balaban J connectivity index is 1.38. The summed E-state index contributed by atoms with van der Waals surface area (Å²) in [5.74, 6) is 0.00861. The van der Waals surface area contributed by atoms with Gasteiger partial charge in [0, 0.05) is 45.0 Å². The largest absolute Gasteiger partial charge is 0.352 e. The van der Waals surface area contributed by atoms with E-state index in [1.54, 1.807) is 47.9 Å². The number of aromatic nitrogens is 4. The molecule has 32 heavy (non-hydrogen) atoms. The molecule has 1 aromatic carbocycles. The van der Waals surface area contributed by atoms with Gasteiger partial charge in [0.25, 0.3) is 17.4 Å². The molecule has 0 unspecified atom stereocenters. The molecule has 2 N–H and O–H groups in total. The van der Waals surface area contributed by atoms with Crippen LogP contribution in [0.2, 0.25) is 0 Å². The fraction of sp³-hybridized carbons (Fsp3) is 0.409. The van der Waals surface area contributed by atoms with Gasteiger partial charge in [0.05, 0.1) is 22.7 Å². The average Bonchev–Trinajstić information content (AvgIpc) is 3.23. The molecule has 168 valence electrons. The topological polar surface area (TPSA) is 122 Å². The van der Waals surface area contributed by atoms with Crippen LogP contribution in [0.4, 0.5) is 0 Å². The quantitative estimate of drug-likeness (QED) is 0.608. The Bertz CT molecular complexity index is 1280. The summed E-state index contributed by atoms with van der Waals surface area (Å²) in [5.41, 5.74) is 0.483. The number of nitrogens with zero attached hydrogens (tertiary/aromatic N) is 4. The third kappa shape index (κ3) is 4.20. The predicted molar refractivity (Wildman–Crippen MR) is 119 cm³/mol. The number of carbonyl (C=O) groups excluding carboxylic acids is 2. The number of nitrogens with one attached hydrogen (secondary N) is 2. The molecule has 0 bridgehead atoms. The molecule has 1 aliphatic heterocycles. The molecular formula is C22H26N6O4. The molecule has 0 atom stereocenters. The molecule has 1 saturated heterocycles. The summed E-state index contributed by atoms with van der Waals surface area (Å²) < 4.78 is 2.71. The molecule has 4 rings (SSSR count). The third-order valence-electron chi connectivity index (χ3n) is 5.97. The monoisotopic (exact) mass is 438 g/mol. The predicted octanol–water partition coefficient (Wildman–Crippen LogP) is 0.725. The fourth-order valence-corrected chi connectivity index (χ4v) is 4.08. The Labute approximate surface area is 183 Å². The molecule has 0 spiro atoms. The van der Waals surface area contributed by atoms with Crippen LogP contribution in [-0.4, -0.2) is 55.7 Å². The first-order chi connectivity index (χ1) is 15.4. The summed E-state index contributed by atoms with van der Waals surface area (Å²) in [7, 11) is 1.76. The second-order valence-corrected chi connectivity index (χ2v) is 8.09. The van der Waals surface area contributed by atoms with Gasteiger partial charge in [-0.15, -0.1) is 0 Å². The Morgan fingerprint density at radius 2 is 1.94 bits per heavy atom. The Kier molecular flexibility index (Phi) is 5.93. The number of carbonyl (C=O) groups is 2. The number of fused-ring (bicyclic) bond motifs is 1. The molecule has 0 saturated carbocycles. The minimum absolute atomic E-state index is 0.134. The van der Waals surface area contributed by atoms with Gasteiger partial charge in [-0.1, -0.05) is 0 Å². The second-order valence-electron chi connectivity index (χ2n) is 8.09. The highest BCUT2D eigenvalue weighted by Crippen LogP contribution is 2.20. The summed E-state index contributed by atoms with van der Waals surface area (Å²) in [5, 5.41) is 7.32. The molecule has 1 fully saturated rings. The first kappa shape index (κ1) is 21.5. The van der Waals surface area contributed by atoms with Crippen molar-refractivity contribution in [1.29, 1.82) is 0 Å². The molecule has 1 aliphatic rings. The van der Waals surface area contributed by atoms with E-state index in [-0.39, 0.29) is 23.9 Å². The van der Waals surface area contributed by atoms with E-state index in [1.807, 2.05) is 0 Å². The number of aromatic amines is 1. The number of piperidine rings is 1. The van der Waals surface area contributed by atoms with E-state index >= 15 is 0 Å². The Hall–Kier alpha value is -3.69. The summed E-state index contributed by atoms with van der Waals surface area (Å²) in [4.78, 5) is 54.1. The third-order valence-corrected chi connectivity index (χ3v) is 5.97. The lowest BCUT2D eigenvalue weighted by Gasteiger charge is -2.32. The molecule has 10 nitrogen and oxygen atoms in total. The van der Waals surface area contributed by atoms with Gasteiger partial charge in [-0.3, -0.25) is 23.6 Å². The lowest BCUT2D eigenvalue weighted by Crippen LogP contribution is -2.41. The van der Waals surface area contributed by atoms with Gasteiger partial charge in [-0.25, -0.2) is 4.79 Å². The van der Waals surface area contributed by atoms with Crippen LogP contribution in [0.25, 0.3) is 10.9 Å². The van der Waals surface area contributed by atoms with Gasteiger partial charge in [0.15, 0.2) is 0 Å². The first-order valence-corrected chi connectivity index (χ1v) is 10.7. The average molecular weight is 438 g/mol. The maximum Gasteiger partial charge on any atom is 0.328 e. The maximum absolute atomic E-state index is 13.0. The van der Waals surface area contributed by atoms with Gasteiger partial charge in [-0.2, -0.15) is 5.10 Å². The van der Waals surface area contributed by atoms with E-state index in [2.05, 4.69) is 15.4 Å².